The molecule has 0 aromatic heterocycles. The molecule has 2 N–H and O–H groups in total. The lowest BCUT2D eigenvalue weighted by molar-refractivity contribution is -0.129. The van der Waals surface area contributed by atoms with Crippen LogP contribution >= 0.6 is 0 Å². The number of carboxylic acids is 1. The standard InChI is InChI=1S/C10H8N2O2/c13-10(14)9-7-3-1-2-4-8(7)11-5-6-12-9/h1-6,11H,(H,13,14). The van der Waals surface area contributed by atoms with E-state index in [1.54, 1.807) is 18.3 Å². The molecule has 4 heteroatoms. The highest BCUT2D eigenvalue weighted by Crippen LogP contribution is 2.18. The molecule has 2 rings (SSSR count). The van der Waals surface area contributed by atoms with Crippen molar-refractivity contribution in [1.29, 1.82) is 0 Å². The summed E-state index contributed by atoms with van der Waals surface area (Å²) in [7, 11) is 0. The van der Waals surface area contributed by atoms with E-state index in [-0.39, 0.29) is 5.71 Å². The molecule has 0 amide bonds. The fourth-order valence-corrected chi connectivity index (χ4v) is 1.29. The normalized spacial score (nSPS) is 13.6. The second-order valence-electron chi connectivity index (χ2n) is 2.79. The number of hydrogen-bond donors (Lipinski definition) is 2. The summed E-state index contributed by atoms with van der Waals surface area (Å²) in [6.45, 7) is 0. The first kappa shape index (κ1) is 8.50. The first-order chi connectivity index (χ1) is 6.79. The lowest BCUT2D eigenvalue weighted by Gasteiger charge is -2.05. The summed E-state index contributed by atoms with van der Waals surface area (Å²) in [5.74, 6) is -1.02. The average molecular weight is 188 g/mol. The van der Waals surface area contributed by atoms with Crippen molar-refractivity contribution in [1.82, 2.24) is 0 Å². The van der Waals surface area contributed by atoms with Crippen molar-refractivity contribution < 1.29 is 9.90 Å². The van der Waals surface area contributed by atoms with Gasteiger partial charge in [0.15, 0.2) is 5.71 Å². The Kier molecular flexibility index (Phi) is 2.02. The topological polar surface area (TPSA) is 61.7 Å². The van der Waals surface area contributed by atoms with Gasteiger partial charge in [0.1, 0.15) is 0 Å². The van der Waals surface area contributed by atoms with Crippen LogP contribution in [-0.4, -0.2) is 16.8 Å². The number of rotatable bonds is 1. The van der Waals surface area contributed by atoms with Crippen molar-refractivity contribution in [2.75, 3.05) is 5.32 Å². The number of hydrogen-bond acceptors (Lipinski definition) is 3. The molecular weight excluding hydrogens is 180 g/mol. The van der Waals surface area contributed by atoms with E-state index in [0.717, 1.165) is 5.69 Å². The number of nitrogens with zero attached hydrogens (tertiary/aromatic N) is 1. The molecule has 1 aromatic rings. The van der Waals surface area contributed by atoms with E-state index in [1.807, 2.05) is 12.1 Å². The van der Waals surface area contributed by atoms with Crippen LogP contribution in [0, 0.1) is 0 Å². The van der Waals surface area contributed by atoms with Crippen molar-refractivity contribution in [3.05, 3.63) is 42.2 Å². The van der Waals surface area contributed by atoms with Crippen molar-refractivity contribution >= 4 is 17.4 Å². The summed E-state index contributed by atoms with van der Waals surface area (Å²) >= 11 is 0. The molecule has 0 unspecified atom stereocenters. The highest BCUT2D eigenvalue weighted by atomic mass is 16.4. The van der Waals surface area contributed by atoms with Gasteiger partial charge in [-0.05, 0) is 6.07 Å². The molecule has 70 valence electrons. The van der Waals surface area contributed by atoms with E-state index in [2.05, 4.69) is 10.3 Å². The van der Waals surface area contributed by atoms with Gasteiger partial charge >= 0.3 is 5.97 Å². The highest BCUT2D eigenvalue weighted by molar-refractivity contribution is 6.44. The van der Waals surface area contributed by atoms with Gasteiger partial charge in [0, 0.05) is 23.7 Å². The van der Waals surface area contributed by atoms with Gasteiger partial charge in [0.2, 0.25) is 0 Å². The van der Waals surface area contributed by atoms with E-state index in [4.69, 9.17) is 5.11 Å². The Hall–Kier alpha value is -2.10. The smallest absolute Gasteiger partial charge is 0.355 e. The molecule has 0 bridgehead atoms. The lowest BCUT2D eigenvalue weighted by atomic mass is 10.1. The van der Waals surface area contributed by atoms with Gasteiger partial charge in [-0.2, -0.15) is 0 Å². The maximum absolute atomic E-state index is 10.9. The van der Waals surface area contributed by atoms with Crippen LogP contribution in [0.15, 0.2) is 41.7 Å². The van der Waals surface area contributed by atoms with Gasteiger partial charge in [0.25, 0.3) is 0 Å². The second kappa shape index (κ2) is 3.33. The van der Waals surface area contributed by atoms with E-state index < -0.39 is 5.97 Å². The van der Waals surface area contributed by atoms with E-state index >= 15 is 0 Å². The third-order valence-electron chi connectivity index (χ3n) is 1.90. The van der Waals surface area contributed by atoms with Gasteiger partial charge < -0.3 is 10.4 Å². The molecule has 0 spiro atoms. The summed E-state index contributed by atoms with van der Waals surface area (Å²) in [6.07, 6.45) is 3.04. The zero-order valence-electron chi connectivity index (χ0n) is 7.27. The number of benzene rings is 1. The third kappa shape index (κ3) is 1.37. The highest BCUT2D eigenvalue weighted by Gasteiger charge is 2.16. The van der Waals surface area contributed by atoms with Crippen molar-refractivity contribution in [2.24, 2.45) is 4.99 Å². The van der Waals surface area contributed by atoms with Crippen LogP contribution in [0.4, 0.5) is 5.69 Å². The number of carboxylic acid groups (broad SMARTS) is 1. The Morgan fingerprint density at radius 2 is 2.14 bits per heavy atom. The molecule has 0 atom stereocenters. The van der Waals surface area contributed by atoms with Crippen molar-refractivity contribution in [3.8, 4) is 0 Å². The zero-order chi connectivity index (χ0) is 9.97. The third-order valence-corrected chi connectivity index (χ3v) is 1.90. The number of fused-ring (bicyclic) bond motifs is 1. The number of aliphatic imine (C=N–C) groups is 1. The molecule has 1 aliphatic rings. The van der Waals surface area contributed by atoms with Crippen LogP contribution in [0.3, 0.4) is 0 Å². The quantitative estimate of drug-likeness (QED) is 0.701. The molecule has 1 heterocycles. The molecular formula is C10H8N2O2. The number of para-hydroxylation sites is 1. The minimum atomic E-state index is -1.02. The Labute approximate surface area is 80.6 Å². The van der Waals surface area contributed by atoms with Crippen LogP contribution in [0.5, 0.6) is 0 Å². The molecule has 0 fully saturated rings. The lowest BCUT2D eigenvalue weighted by Crippen LogP contribution is -2.14. The molecule has 14 heavy (non-hydrogen) atoms. The fraction of sp³-hybridized carbons (Fsp3) is 0. The number of aliphatic carboxylic acids is 1. The number of carbonyl (C=O) groups is 1. The summed E-state index contributed by atoms with van der Waals surface area (Å²) in [4.78, 5) is 14.7. The Morgan fingerprint density at radius 1 is 1.36 bits per heavy atom. The van der Waals surface area contributed by atoms with Gasteiger partial charge in [-0.15, -0.1) is 0 Å². The maximum Gasteiger partial charge on any atom is 0.355 e. The van der Waals surface area contributed by atoms with Crippen LogP contribution < -0.4 is 5.32 Å². The summed E-state index contributed by atoms with van der Waals surface area (Å²) in [5.41, 5.74) is 1.41. The fourth-order valence-electron chi connectivity index (χ4n) is 1.29. The minimum Gasteiger partial charge on any atom is -0.476 e. The van der Waals surface area contributed by atoms with Crippen LogP contribution in [0.25, 0.3) is 0 Å². The van der Waals surface area contributed by atoms with Crippen LogP contribution in [-0.2, 0) is 4.79 Å². The molecule has 1 aromatic carbocycles. The van der Waals surface area contributed by atoms with Crippen LogP contribution in [0.2, 0.25) is 0 Å². The molecule has 0 saturated carbocycles. The average Bonchev–Trinajstić information content (AvgIpc) is 2.39. The monoisotopic (exact) mass is 188 g/mol. The van der Waals surface area contributed by atoms with Crippen molar-refractivity contribution in [3.63, 3.8) is 0 Å². The van der Waals surface area contributed by atoms with Gasteiger partial charge in [-0.1, -0.05) is 18.2 Å². The summed E-state index contributed by atoms with van der Waals surface area (Å²) in [5, 5.41) is 11.9. The molecule has 0 saturated heterocycles. The van der Waals surface area contributed by atoms with Crippen LogP contribution in [0.1, 0.15) is 5.56 Å². The Balaban J connectivity index is 2.59. The molecule has 4 nitrogen and oxygen atoms in total. The first-order valence-corrected chi connectivity index (χ1v) is 4.11. The Bertz CT molecular complexity index is 436. The second-order valence-corrected chi connectivity index (χ2v) is 2.79. The predicted octanol–water partition coefficient (Wildman–Crippen LogP) is 1.46. The largest absolute Gasteiger partial charge is 0.476 e. The van der Waals surface area contributed by atoms with Gasteiger partial charge in [-0.3, -0.25) is 0 Å². The zero-order valence-corrected chi connectivity index (χ0v) is 7.27. The SMILES string of the molecule is O=C(O)C1=NC=CNc2ccccc21. The van der Waals surface area contributed by atoms with Gasteiger partial charge in [0.05, 0.1) is 0 Å². The number of nitrogens with one attached hydrogen (secondary N) is 1. The maximum atomic E-state index is 10.9. The molecule has 0 aliphatic carbocycles. The van der Waals surface area contributed by atoms with Crippen molar-refractivity contribution in [2.45, 2.75) is 0 Å². The van der Waals surface area contributed by atoms with E-state index in [1.165, 1.54) is 6.20 Å². The van der Waals surface area contributed by atoms with E-state index in [0.29, 0.717) is 5.56 Å². The van der Waals surface area contributed by atoms with E-state index in [9.17, 15) is 4.79 Å². The Morgan fingerprint density at radius 3 is 2.93 bits per heavy atom. The predicted molar refractivity (Wildman–Crippen MR) is 53.4 cm³/mol. The molecule has 0 radical (unpaired) electrons. The molecule has 1 aliphatic heterocycles. The summed E-state index contributed by atoms with van der Waals surface area (Å²) < 4.78 is 0. The summed E-state index contributed by atoms with van der Waals surface area (Å²) in [6, 6.07) is 7.15. The minimum absolute atomic E-state index is 0.0573. The number of anilines is 1. The van der Waals surface area contributed by atoms with Gasteiger partial charge in [-0.25, -0.2) is 9.79 Å². The first-order valence-electron chi connectivity index (χ1n) is 4.11.